The molecule has 3 N–H and O–H groups in total. The van der Waals surface area contributed by atoms with E-state index in [0.29, 0.717) is 39.7 Å². The molecule has 0 spiro atoms. The van der Waals surface area contributed by atoms with E-state index in [4.69, 9.17) is 14.2 Å². The normalized spacial score (nSPS) is 23.2. The van der Waals surface area contributed by atoms with Crippen LogP contribution in [0.3, 0.4) is 0 Å². The number of amides is 6. The first kappa shape index (κ1) is 40.1. The lowest BCUT2D eigenvalue weighted by Gasteiger charge is -2.36. The average Bonchev–Trinajstić information content (AvgIpc) is 3.18. The molecule has 6 rings (SSSR count). The molecule has 0 aromatic heterocycles. The zero-order valence-electron chi connectivity index (χ0n) is 32.1. The van der Waals surface area contributed by atoms with Gasteiger partial charge < -0.3 is 44.9 Å². The van der Waals surface area contributed by atoms with Crippen molar-refractivity contribution in [3.05, 3.63) is 83.4 Å². The van der Waals surface area contributed by atoms with Crippen molar-refractivity contribution in [2.75, 3.05) is 41.9 Å². The fourth-order valence-corrected chi connectivity index (χ4v) is 6.70. The Labute approximate surface area is 320 Å². The predicted molar refractivity (Wildman–Crippen MR) is 202 cm³/mol. The summed E-state index contributed by atoms with van der Waals surface area (Å²) in [4.78, 5) is 87.3. The van der Waals surface area contributed by atoms with Gasteiger partial charge in [-0.3, -0.25) is 28.8 Å². The SMILES string of the molecule is COc1ccc(C[C@H]2C(=O)N[C@@H](C)C(=O)N(C)[C@H]3Cc4ccc(cc4)Oc4cc(ccc4OC)C[C@@H](C(=O)NCC(=O)N[C@@H](C)C(=O)N2C)N(C)C3=O)cc1. The number of nitrogens with one attached hydrogen (secondary N) is 3. The second kappa shape index (κ2) is 17.3. The van der Waals surface area contributed by atoms with Crippen LogP contribution in [0.5, 0.6) is 23.0 Å². The van der Waals surface area contributed by atoms with Gasteiger partial charge in [-0.05, 0) is 66.9 Å². The van der Waals surface area contributed by atoms with Gasteiger partial charge in [0.05, 0.1) is 20.8 Å². The van der Waals surface area contributed by atoms with Crippen LogP contribution in [-0.4, -0.2) is 122 Å². The average molecular weight is 757 g/mol. The van der Waals surface area contributed by atoms with Gasteiger partial charge in [0.1, 0.15) is 41.7 Å². The van der Waals surface area contributed by atoms with Crippen LogP contribution in [0.15, 0.2) is 66.7 Å². The molecule has 5 atom stereocenters. The standard InChI is InChI=1S/C40H48N6O9/c1-23-38(50)44(3)31(18-25-8-13-28(53-6)14-9-25)37(49)43-24(2)39(51)46(5)32-19-26-10-15-29(16-11-26)55-34-21-27(12-17-33(34)54-7)20-30(45(4)40(32)52)36(48)41-22-35(47)42-23/h8-17,21,23-24,30-32H,18-20,22H2,1-7H3,(H,41,48)(H,42,47)(H,43,49)/t23-,24-,30-,31-,32-/m0/s1. The number of likely N-dealkylation sites (N-methyl/N-ethyl adjacent to an activating group) is 3. The summed E-state index contributed by atoms with van der Waals surface area (Å²) < 4.78 is 16.9. The van der Waals surface area contributed by atoms with Crippen LogP contribution >= 0.6 is 0 Å². The van der Waals surface area contributed by atoms with Gasteiger partial charge in [0, 0.05) is 40.4 Å². The third-order valence-corrected chi connectivity index (χ3v) is 10.1. The minimum Gasteiger partial charge on any atom is -0.497 e. The molecule has 1 fully saturated rings. The maximum absolute atomic E-state index is 14.6. The van der Waals surface area contributed by atoms with E-state index in [1.807, 2.05) is 0 Å². The molecular weight excluding hydrogens is 708 g/mol. The number of rotatable bonds is 4. The first-order valence-electron chi connectivity index (χ1n) is 17.9. The van der Waals surface area contributed by atoms with Crippen molar-refractivity contribution in [2.45, 2.75) is 63.3 Å². The summed E-state index contributed by atoms with van der Waals surface area (Å²) in [7, 11) is 7.44. The van der Waals surface area contributed by atoms with Gasteiger partial charge in [-0.15, -0.1) is 0 Å². The van der Waals surface area contributed by atoms with Gasteiger partial charge in [-0.1, -0.05) is 30.3 Å². The Bertz CT molecular complexity index is 1920. The fourth-order valence-electron chi connectivity index (χ4n) is 6.70. The lowest BCUT2D eigenvalue weighted by atomic mass is 9.99. The first-order valence-corrected chi connectivity index (χ1v) is 17.9. The van der Waals surface area contributed by atoms with E-state index >= 15 is 0 Å². The highest BCUT2D eigenvalue weighted by molar-refractivity contribution is 5.97. The largest absolute Gasteiger partial charge is 0.497 e. The van der Waals surface area contributed by atoms with Gasteiger partial charge >= 0.3 is 0 Å². The number of carbonyl (C=O) groups excluding carboxylic acids is 6. The molecule has 0 aliphatic carbocycles. The maximum Gasteiger partial charge on any atom is 0.246 e. The number of benzene rings is 3. The van der Waals surface area contributed by atoms with Gasteiger partial charge in [0.15, 0.2) is 11.5 Å². The van der Waals surface area contributed by atoms with Crippen molar-refractivity contribution in [1.29, 1.82) is 0 Å². The summed E-state index contributed by atoms with van der Waals surface area (Å²) in [6.45, 7) is 2.48. The molecule has 292 valence electrons. The van der Waals surface area contributed by atoms with Crippen molar-refractivity contribution in [3.63, 3.8) is 0 Å². The molecule has 3 aliphatic heterocycles. The van der Waals surface area contributed by atoms with E-state index in [1.165, 1.54) is 63.9 Å². The molecule has 3 heterocycles. The van der Waals surface area contributed by atoms with Crippen LogP contribution in [0.4, 0.5) is 0 Å². The smallest absolute Gasteiger partial charge is 0.246 e. The number of hydrogen-bond donors (Lipinski definition) is 3. The molecular formula is C40H48N6O9. The van der Waals surface area contributed by atoms with Crippen molar-refractivity contribution in [2.24, 2.45) is 0 Å². The van der Waals surface area contributed by atoms with Crippen LogP contribution in [-0.2, 0) is 48.0 Å². The molecule has 0 radical (unpaired) electrons. The van der Waals surface area contributed by atoms with Gasteiger partial charge in [0.25, 0.3) is 0 Å². The molecule has 15 heteroatoms. The molecule has 6 bridgehead atoms. The summed E-state index contributed by atoms with van der Waals surface area (Å²) in [5.41, 5.74) is 2.03. The Morgan fingerprint density at radius 2 is 1.27 bits per heavy atom. The molecule has 3 aliphatic rings. The highest BCUT2D eigenvalue weighted by atomic mass is 16.5. The molecule has 0 unspecified atom stereocenters. The first-order chi connectivity index (χ1) is 26.2. The minimum absolute atomic E-state index is 0.0136. The molecule has 1 saturated heterocycles. The lowest BCUT2D eigenvalue weighted by molar-refractivity contribution is -0.149. The predicted octanol–water partition coefficient (Wildman–Crippen LogP) is 1.46. The number of hydrogen-bond acceptors (Lipinski definition) is 9. The van der Waals surface area contributed by atoms with Crippen molar-refractivity contribution in [3.8, 4) is 23.0 Å². The summed E-state index contributed by atoms with van der Waals surface area (Å²) in [6, 6.07) is 13.6. The van der Waals surface area contributed by atoms with Gasteiger partial charge in [-0.2, -0.15) is 0 Å². The number of ether oxygens (including phenoxy) is 3. The topological polar surface area (TPSA) is 176 Å². The third-order valence-electron chi connectivity index (χ3n) is 10.1. The van der Waals surface area contributed by atoms with Crippen LogP contribution in [0, 0.1) is 0 Å². The molecule has 3 aromatic carbocycles. The van der Waals surface area contributed by atoms with E-state index in [9.17, 15) is 28.8 Å². The monoisotopic (exact) mass is 756 g/mol. The second-order valence-corrected chi connectivity index (χ2v) is 13.8. The number of methoxy groups -OCH3 is 2. The molecule has 55 heavy (non-hydrogen) atoms. The minimum atomic E-state index is -1.14. The highest BCUT2D eigenvalue weighted by Crippen LogP contribution is 2.34. The Kier molecular flexibility index (Phi) is 12.6. The number of fused-ring (bicyclic) bond motifs is 2. The molecule has 6 amide bonds. The maximum atomic E-state index is 14.6. The zero-order valence-corrected chi connectivity index (χ0v) is 32.1. The molecule has 15 nitrogen and oxygen atoms in total. The fraction of sp³-hybridized carbons (Fsp3) is 0.400. The Balaban J connectivity index is 1.55. The summed E-state index contributed by atoms with van der Waals surface area (Å²) >= 11 is 0. The summed E-state index contributed by atoms with van der Waals surface area (Å²) in [6.07, 6.45) is 0.154. The van der Waals surface area contributed by atoms with E-state index in [-0.39, 0.29) is 19.3 Å². The molecule has 0 saturated carbocycles. The number of nitrogens with zero attached hydrogens (tertiary/aromatic N) is 3. The Morgan fingerprint density at radius 3 is 1.93 bits per heavy atom. The number of carbonyl (C=O) groups is 6. The highest BCUT2D eigenvalue weighted by Gasteiger charge is 2.38. The van der Waals surface area contributed by atoms with Crippen molar-refractivity contribution in [1.82, 2.24) is 30.7 Å². The van der Waals surface area contributed by atoms with Gasteiger partial charge in [-0.25, -0.2) is 0 Å². The summed E-state index contributed by atoms with van der Waals surface area (Å²) in [5, 5.41) is 7.99. The Morgan fingerprint density at radius 1 is 0.673 bits per heavy atom. The zero-order chi connectivity index (χ0) is 40.0. The van der Waals surface area contributed by atoms with Crippen LogP contribution < -0.4 is 30.2 Å². The van der Waals surface area contributed by atoms with Crippen LogP contribution in [0.1, 0.15) is 30.5 Å². The van der Waals surface area contributed by atoms with Crippen LogP contribution in [0.25, 0.3) is 0 Å². The quantitative estimate of drug-likeness (QED) is 0.356. The van der Waals surface area contributed by atoms with Crippen molar-refractivity contribution >= 4 is 35.4 Å². The van der Waals surface area contributed by atoms with Crippen LogP contribution in [0.2, 0.25) is 0 Å². The van der Waals surface area contributed by atoms with E-state index in [2.05, 4.69) is 16.0 Å². The summed E-state index contributed by atoms with van der Waals surface area (Å²) in [5.74, 6) is -1.62. The van der Waals surface area contributed by atoms with E-state index in [0.717, 1.165) is 0 Å². The van der Waals surface area contributed by atoms with E-state index < -0.39 is 72.2 Å². The van der Waals surface area contributed by atoms with Crippen molar-refractivity contribution < 1.29 is 43.0 Å². The lowest BCUT2D eigenvalue weighted by Crippen LogP contribution is -2.60. The Hall–Kier alpha value is -6.12. The van der Waals surface area contributed by atoms with Gasteiger partial charge in [0.2, 0.25) is 35.4 Å². The third kappa shape index (κ3) is 9.34. The molecule has 3 aromatic rings. The second-order valence-electron chi connectivity index (χ2n) is 13.8. The van der Waals surface area contributed by atoms with E-state index in [1.54, 1.807) is 66.7 Å².